The highest BCUT2D eigenvalue weighted by Crippen LogP contribution is 2.38. The molecule has 0 aromatic carbocycles. The molecule has 1 fully saturated rings. The van der Waals surface area contributed by atoms with Gasteiger partial charge in [0.1, 0.15) is 24.4 Å². The number of terminal acetylenes is 1. The molecule has 288 valence electrons. The smallest absolute Gasteiger partial charge is 0.220 e. The number of nitrogens with zero attached hydrogens (tertiary/aromatic N) is 2. The maximum absolute atomic E-state index is 12.9. The minimum absolute atomic E-state index is 0.176. The molecule has 1 saturated heterocycles. The van der Waals surface area contributed by atoms with E-state index in [1.807, 2.05) is 6.08 Å². The van der Waals surface area contributed by atoms with Crippen LogP contribution in [0.25, 0.3) is 0 Å². The third-order valence-corrected chi connectivity index (χ3v) is 9.87. The van der Waals surface area contributed by atoms with Crippen LogP contribution in [0.1, 0.15) is 155 Å². The Labute approximate surface area is 301 Å². The molecule has 0 aromatic heterocycles. The van der Waals surface area contributed by atoms with Crippen LogP contribution in [0.15, 0.2) is 22.4 Å². The van der Waals surface area contributed by atoms with E-state index >= 15 is 0 Å². The van der Waals surface area contributed by atoms with Gasteiger partial charge in [-0.05, 0) is 44.9 Å². The fourth-order valence-electron chi connectivity index (χ4n) is 6.47. The monoisotopic (exact) mass is 708 g/mol. The van der Waals surface area contributed by atoms with Crippen molar-refractivity contribution in [3.63, 3.8) is 0 Å². The second kappa shape index (κ2) is 26.8. The number of nitrogens with one attached hydrogen (secondary N) is 1. The van der Waals surface area contributed by atoms with Gasteiger partial charge in [-0.3, -0.25) is 4.79 Å². The van der Waals surface area contributed by atoms with Crippen LogP contribution in [-0.4, -0.2) is 93.2 Å². The summed E-state index contributed by atoms with van der Waals surface area (Å²) in [4.78, 5) is 12.9. The molecule has 0 bridgehead atoms. The molecule has 0 radical (unpaired) electrons. The molecule has 0 spiro atoms. The molecule has 6 N–H and O–H groups in total. The average Bonchev–Trinajstić information content (AvgIpc) is 3.89. The zero-order chi connectivity index (χ0) is 36.5. The van der Waals surface area contributed by atoms with Crippen molar-refractivity contribution in [1.82, 2.24) is 5.32 Å². The number of hydrogen-bond donors (Lipinski definition) is 6. The van der Waals surface area contributed by atoms with E-state index in [0.717, 1.165) is 83.5 Å². The highest BCUT2D eigenvalue weighted by atomic mass is 16.7. The number of aliphatic hydroxyl groups is 5. The Kier molecular flexibility index (Phi) is 23.7. The fourth-order valence-corrected chi connectivity index (χ4v) is 6.47. The molecule has 0 saturated carbocycles. The van der Waals surface area contributed by atoms with Gasteiger partial charge in [0.15, 0.2) is 12.0 Å². The van der Waals surface area contributed by atoms with Crippen molar-refractivity contribution in [3.8, 4) is 12.3 Å². The van der Waals surface area contributed by atoms with E-state index in [4.69, 9.17) is 15.9 Å². The van der Waals surface area contributed by atoms with Gasteiger partial charge in [-0.25, -0.2) is 0 Å². The maximum Gasteiger partial charge on any atom is 0.220 e. The van der Waals surface area contributed by atoms with Crippen LogP contribution >= 0.6 is 0 Å². The number of ether oxygens (including phenoxy) is 2. The summed E-state index contributed by atoms with van der Waals surface area (Å²) in [5.41, 5.74) is -0.176. The van der Waals surface area contributed by atoms with Crippen LogP contribution in [0.3, 0.4) is 0 Å². The standard InChI is InChI=1S/C39H69N3O8/c1-3-5-7-8-9-10-11-12-13-14-15-18-21-25-32(44)31(30-49-38-37(48)36(47)35(46)33(29-43)50-38)40-34(45)26-22-19-16-17-20-24-28-39(41-42-39)27-23-6-4-2/h2,21,25,31-33,35-38,43-44,46-48H,3,5-20,22-24,26-30H2,1H3,(H,40,45)/b25-21+/t31-,32+,33+,35+,36?,37?,38+/m0/s1. The van der Waals surface area contributed by atoms with Crippen LogP contribution in [0.4, 0.5) is 0 Å². The lowest BCUT2D eigenvalue weighted by molar-refractivity contribution is -0.302. The molecule has 7 atom stereocenters. The summed E-state index contributed by atoms with van der Waals surface area (Å²) in [6.07, 6.45) is 25.4. The Hall–Kier alpha value is -1.91. The first-order chi connectivity index (χ1) is 24.3. The van der Waals surface area contributed by atoms with E-state index in [-0.39, 0.29) is 18.2 Å². The van der Waals surface area contributed by atoms with Crippen molar-refractivity contribution < 1.29 is 39.8 Å². The summed E-state index contributed by atoms with van der Waals surface area (Å²) in [6, 6.07) is -0.824. The van der Waals surface area contributed by atoms with Gasteiger partial charge in [0, 0.05) is 12.8 Å². The quantitative estimate of drug-likeness (QED) is 0.0290. The maximum atomic E-state index is 12.9. The molecule has 1 amide bonds. The summed E-state index contributed by atoms with van der Waals surface area (Å²) >= 11 is 0. The second-order valence-corrected chi connectivity index (χ2v) is 14.3. The van der Waals surface area contributed by atoms with E-state index in [1.54, 1.807) is 6.08 Å². The number of unbranched alkanes of at least 4 members (excludes halogenated alkanes) is 17. The van der Waals surface area contributed by atoms with E-state index < -0.39 is 49.5 Å². The predicted molar refractivity (Wildman–Crippen MR) is 195 cm³/mol. The molecule has 11 nitrogen and oxygen atoms in total. The van der Waals surface area contributed by atoms with E-state index in [9.17, 15) is 30.3 Å². The Bertz CT molecular complexity index is 981. The minimum atomic E-state index is -1.58. The first kappa shape index (κ1) is 44.3. The first-order valence-electron chi connectivity index (χ1n) is 19.7. The Balaban J connectivity index is 1.72. The van der Waals surface area contributed by atoms with Crippen LogP contribution in [0.5, 0.6) is 0 Å². The van der Waals surface area contributed by atoms with Crippen LogP contribution in [0, 0.1) is 12.3 Å². The summed E-state index contributed by atoms with van der Waals surface area (Å²) in [7, 11) is 0. The lowest BCUT2D eigenvalue weighted by Gasteiger charge is -2.40. The summed E-state index contributed by atoms with van der Waals surface area (Å²) in [6.45, 7) is 1.46. The van der Waals surface area contributed by atoms with Crippen molar-refractivity contribution in [2.45, 2.75) is 203 Å². The third kappa shape index (κ3) is 18.5. The molecule has 50 heavy (non-hydrogen) atoms. The number of aliphatic hydroxyl groups excluding tert-OH is 5. The van der Waals surface area contributed by atoms with E-state index in [0.29, 0.717) is 6.42 Å². The van der Waals surface area contributed by atoms with Crippen molar-refractivity contribution >= 4 is 5.91 Å². The summed E-state index contributed by atoms with van der Waals surface area (Å²) in [5.74, 6) is 2.46. The number of hydrogen-bond acceptors (Lipinski definition) is 10. The van der Waals surface area contributed by atoms with Gasteiger partial charge >= 0.3 is 0 Å². The summed E-state index contributed by atoms with van der Waals surface area (Å²) in [5, 5.41) is 62.4. The van der Waals surface area contributed by atoms with Gasteiger partial charge in [-0.1, -0.05) is 109 Å². The molecule has 11 heteroatoms. The van der Waals surface area contributed by atoms with E-state index in [2.05, 4.69) is 28.4 Å². The topological polar surface area (TPSA) is 173 Å². The number of carbonyl (C=O) groups excluding carboxylic acids is 1. The highest BCUT2D eigenvalue weighted by molar-refractivity contribution is 5.76. The number of allylic oxidation sites excluding steroid dienone is 1. The van der Waals surface area contributed by atoms with E-state index in [1.165, 1.54) is 57.8 Å². The van der Waals surface area contributed by atoms with Gasteiger partial charge in [0.25, 0.3) is 0 Å². The van der Waals surface area contributed by atoms with Gasteiger partial charge in [-0.2, -0.15) is 10.2 Å². The first-order valence-corrected chi connectivity index (χ1v) is 19.7. The molecular formula is C39H69N3O8. The van der Waals surface area contributed by atoms with Gasteiger partial charge < -0.3 is 40.3 Å². The lowest BCUT2D eigenvalue weighted by Crippen LogP contribution is -2.60. The van der Waals surface area contributed by atoms with Gasteiger partial charge in [-0.15, -0.1) is 12.3 Å². The lowest BCUT2D eigenvalue weighted by atomic mass is 9.98. The molecule has 2 rings (SSSR count). The zero-order valence-electron chi connectivity index (χ0n) is 30.8. The van der Waals surface area contributed by atoms with Crippen molar-refractivity contribution in [1.29, 1.82) is 0 Å². The molecule has 0 aliphatic carbocycles. The van der Waals surface area contributed by atoms with Crippen LogP contribution in [0.2, 0.25) is 0 Å². The Morgan fingerprint density at radius 3 is 2.04 bits per heavy atom. The molecule has 2 heterocycles. The van der Waals surface area contributed by atoms with Crippen LogP contribution < -0.4 is 5.32 Å². The number of carbonyl (C=O) groups is 1. The molecule has 2 aliphatic rings. The largest absolute Gasteiger partial charge is 0.394 e. The Morgan fingerprint density at radius 2 is 1.44 bits per heavy atom. The van der Waals surface area contributed by atoms with Crippen molar-refractivity contribution in [3.05, 3.63) is 12.2 Å². The molecular weight excluding hydrogens is 638 g/mol. The third-order valence-electron chi connectivity index (χ3n) is 9.87. The van der Waals surface area contributed by atoms with Gasteiger partial charge in [0.05, 0.1) is 25.4 Å². The molecule has 0 aromatic rings. The van der Waals surface area contributed by atoms with Crippen molar-refractivity contribution in [2.24, 2.45) is 10.2 Å². The van der Waals surface area contributed by atoms with Crippen molar-refractivity contribution in [2.75, 3.05) is 13.2 Å². The molecule has 2 unspecified atom stereocenters. The SMILES string of the molecule is C#CCCCC1(CCCCCCCCC(=O)N[C@@H](CO[C@@H]2O[C@H](CO)[C@@H](O)C(O)C2O)[C@H](O)/C=C/CCCCCCCCCCCCC)N=N1. The fraction of sp³-hybridized carbons (Fsp3) is 0.872. The number of rotatable bonds is 31. The normalized spacial score (nSPS) is 23.9. The molecule has 2 aliphatic heterocycles. The second-order valence-electron chi connectivity index (χ2n) is 14.3. The van der Waals surface area contributed by atoms with Gasteiger partial charge in [0.2, 0.25) is 5.91 Å². The highest BCUT2D eigenvalue weighted by Gasteiger charge is 2.44. The Morgan fingerprint density at radius 1 is 0.860 bits per heavy atom. The predicted octanol–water partition coefficient (Wildman–Crippen LogP) is 5.99. The average molecular weight is 708 g/mol. The van der Waals surface area contributed by atoms with Crippen LogP contribution in [-0.2, 0) is 14.3 Å². The minimum Gasteiger partial charge on any atom is -0.394 e. The summed E-state index contributed by atoms with van der Waals surface area (Å²) < 4.78 is 11.1. The zero-order valence-corrected chi connectivity index (χ0v) is 30.8. The number of amides is 1.